The molecular weight excluding hydrogens is 397 g/mol. The van der Waals surface area contributed by atoms with Crippen molar-refractivity contribution in [1.82, 2.24) is 14.9 Å². The van der Waals surface area contributed by atoms with Crippen LogP contribution in [0.2, 0.25) is 0 Å². The third kappa shape index (κ3) is 4.47. The Labute approximate surface area is 162 Å². The summed E-state index contributed by atoms with van der Waals surface area (Å²) in [7, 11) is 0. The monoisotopic (exact) mass is 414 g/mol. The summed E-state index contributed by atoms with van der Waals surface area (Å²) in [5.74, 6) is -2.57. The number of nitrogens with zero attached hydrogens (tertiary/aromatic N) is 4. The minimum absolute atomic E-state index is 0.190. The van der Waals surface area contributed by atoms with E-state index in [9.17, 15) is 18.0 Å². The fourth-order valence-corrected chi connectivity index (χ4v) is 4.15. The van der Waals surface area contributed by atoms with Crippen molar-refractivity contribution in [2.75, 3.05) is 11.4 Å². The van der Waals surface area contributed by atoms with E-state index >= 15 is 0 Å². The number of hydrogen-bond acceptors (Lipinski definition) is 6. The molecule has 4 rings (SSSR count). The molecule has 0 spiro atoms. The fourth-order valence-electron chi connectivity index (χ4n) is 3.49. The van der Waals surface area contributed by atoms with Gasteiger partial charge in [0.15, 0.2) is 0 Å². The average Bonchev–Trinajstić information content (AvgIpc) is 3.34. The van der Waals surface area contributed by atoms with E-state index in [1.54, 1.807) is 23.7 Å². The molecule has 0 aliphatic carbocycles. The first-order chi connectivity index (χ1) is 13.3. The van der Waals surface area contributed by atoms with E-state index in [4.69, 9.17) is 9.90 Å². The highest BCUT2D eigenvalue weighted by Crippen LogP contribution is 2.36. The summed E-state index contributed by atoms with van der Waals surface area (Å²) >= 11 is 1.73. The lowest BCUT2D eigenvalue weighted by Crippen LogP contribution is -2.37. The van der Waals surface area contributed by atoms with Crippen LogP contribution >= 0.6 is 11.3 Å². The highest BCUT2D eigenvalue weighted by Gasteiger charge is 2.47. The number of rotatable bonds is 3. The predicted octanol–water partition coefficient (Wildman–Crippen LogP) is 2.55. The Morgan fingerprint density at radius 1 is 1.29 bits per heavy atom. The number of alkyl halides is 3. The molecule has 1 N–H and O–H groups in total. The topological polar surface area (TPSA) is 86.6 Å². The molecule has 2 aliphatic rings. The zero-order chi connectivity index (χ0) is 20.3. The molecule has 2 atom stereocenters. The van der Waals surface area contributed by atoms with Crippen LogP contribution in [0.25, 0.3) is 0 Å². The standard InChI is InChI=1S/C15H16N4OS.C2HF3O2/c20-15-5-14-13(19(15)12-6-16-10-17-7-12)1-3-18(14)8-11-2-4-21-9-11;3-2(4,5)1(6)7/h2,4,6-7,9-10,13-14H,1,3,5,8H2;(H,6,7). The van der Waals surface area contributed by atoms with Gasteiger partial charge < -0.3 is 10.0 Å². The Kier molecular flexibility index (Phi) is 5.94. The first kappa shape index (κ1) is 20.2. The van der Waals surface area contributed by atoms with Crippen LogP contribution in [0, 0.1) is 0 Å². The lowest BCUT2D eigenvalue weighted by molar-refractivity contribution is -0.192. The maximum atomic E-state index is 12.4. The molecule has 0 bridgehead atoms. The van der Waals surface area contributed by atoms with Crippen LogP contribution in [0.5, 0.6) is 0 Å². The second-order valence-corrected chi connectivity index (χ2v) is 7.17. The summed E-state index contributed by atoms with van der Waals surface area (Å²) in [5, 5.41) is 11.4. The van der Waals surface area contributed by atoms with E-state index < -0.39 is 12.1 Å². The molecule has 2 saturated heterocycles. The molecule has 2 aromatic rings. The van der Waals surface area contributed by atoms with Crippen LogP contribution in [0.1, 0.15) is 18.4 Å². The smallest absolute Gasteiger partial charge is 0.475 e. The van der Waals surface area contributed by atoms with Gasteiger partial charge in [0, 0.05) is 25.6 Å². The number of fused-ring (bicyclic) bond motifs is 1. The van der Waals surface area contributed by atoms with Gasteiger partial charge in [0.2, 0.25) is 5.91 Å². The molecule has 2 aliphatic heterocycles. The zero-order valence-corrected chi connectivity index (χ0v) is 15.4. The van der Waals surface area contributed by atoms with Gasteiger partial charge >= 0.3 is 12.1 Å². The van der Waals surface area contributed by atoms with Crippen molar-refractivity contribution in [3.8, 4) is 0 Å². The van der Waals surface area contributed by atoms with Crippen molar-refractivity contribution in [3.63, 3.8) is 0 Å². The van der Waals surface area contributed by atoms with Crippen molar-refractivity contribution < 1.29 is 27.9 Å². The van der Waals surface area contributed by atoms with E-state index in [-0.39, 0.29) is 11.9 Å². The fraction of sp³-hybridized carbons (Fsp3) is 0.412. The van der Waals surface area contributed by atoms with Crippen molar-refractivity contribution in [2.24, 2.45) is 0 Å². The highest BCUT2D eigenvalue weighted by molar-refractivity contribution is 7.07. The molecule has 11 heteroatoms. The minimum atomic E-state index is -5.08. The molecule has 2 unspecified atom stereocenters. The van der Waals surface area contributed by atoms with Crippen LogP contribution in [0.15, 0.2) is 35.5 Å². The molecule has 2 fully saturated rings. The summed E-state index contributed by atoms with van der Waals surface area (Å²) in [6, 6.07) is 2.75. The van der Waals surface area contributed by atoms with Crippen molar-refractivity contribution >= 4 is 28.9 Å². The van der Waals surface area contributed by atoms with Gasteiger partial charge in [-0.05, 0) is 28.8 Å². The van der Waals surface area contributed by atoms with Gasteiger partial charge in [-0.15, -0.1) is 0 Å². The molecular formula is C17H17F3N4O3S. The van der Waals surface area contributed by atoms with E-state index in [2.05, 4.69) is 31.7 Å². The number of likely N-dealkylation sites (tertiary alicyclic amines) is 1. The number of aliphatic carboxylic acids is 1. The van der Waals surface area contributed by atoms with Crippen molar-refractivity contribution in [3.05, 3.63) is 41.1 Å². The Morgan fingerprint density at radius 2 is 1.96 bits per heavy atom. The molecule has 7 nitrogen and oxygen atoms in total. The number of carboxylic acids is 1. The van der Waals surface area contributed by atoms with Gasteiger partial charge in [-0.2, -0.15) is 24.5 Å². The number of thiophene rings is 1. The summed E-state index contributed by atoms with van der Waals surface area (Å²) in [6.45, 7) is 1.99. The second kappa shape index (κ2) is 8.23. The summed E-state index contributed by atoms with van der Waals surface area (Å²) < 4.78 is 31.7. The van der Waals surface area contributed by atoms with Gasteiger partial charge in [0.25, 0.3) is 0 Å². The van der Waals surface area contributed by atoms with Crippen LogP contribution in [0.3, 0.4) is 0 Å². The molecule has 28 heavy (non-hydrogen) atoms. The average molecular weight is 414 g/mol. The minimum Gasteiger partial charge on any atom is -0.475 e. The zero-order valence-electron chi connectivity index (χ0n) is 14.5. The number of anilines is 1. The Morgan fingerprint density at radius 3 is 2.54 bits per heavy atom. The molecule has 0 radical (unpaired) electrons. The van der Waals surface area contributed by atoms with Crippen LogP contribution in [-0.2, 0) is 16.1 Å². The van der Waals surface area contributed by atoms with Crippen molar-refractivity contribution in [1.29, 1.82) is 0 Å². The summed E-state index contributed by atoms with van der Waals surface area (Å²) in [6.07, 6.45) is 1.50. The third-order valence-corrected chi connectivity index (χ3v) is 5.37. The first-order valence-corrected chi connectivity index (χ1v) is 9.34. The number of carbonyl (C=O) groups excluding carboxylic acids is 1. The lowest BCUT2D eigenvalue weighted by atomic mass is 10.1. The van der Waals surface area contributed by atoms with E-state index in [1.165, 1.54) is 11.9 Å². The van der Waals surface area contributed by atoms with Crippen LogP contribution in [-0.4, -0.2) is 56.7 Å². The molecule has 0 aromatic carbocycles. The molecule has 1 amide bonds. The predicted molar refractivity (Wildman–Crippen MR) is 94.7 cm³/mol. The van der Waals surface area contributed by atoms with Gasteiger partial charge in [-0.25, -0.2) is 14.8 Å². The SMILES string of the molecule is O=C(O)C(F)(F)F.O=C1CC2C(CCN2Cc2ccsc2)N1c1cncnc1. The Hall–Kier alpha value is -2.53. The van der Waals surface area contributed by atoms with Crippen LogP contribution < -0.4 is 4.90 Å². The Bertz CT molecular complexity index is 817. The number of carboxylic acid groups (broad SMARTS) is 1. The second-order valence-electron chi connectivity index (χ2n) is 6.39. The van der Waals surface area contributed by atoms with Gasteiger partial charge in [0.05, 0.1) is 24.1 Å². The van der Waals surface area contributed by atoms with Gasteiger partial charge in [-0.1, -0.05) is 0 Å². The summed E-state index contributed by atoms with van der Waals surface area (Å²) in [4.78, 5) is 33.7. The normalized spacial score (nSPS) is 22.0. The molecule has 150 valence electrons. The van der Waals surface area contributed by atoms with Gasteiger partial charge in [0.1, 0.15) is 6.33 Å². The third-order valence-electron chi connectivity index (χ3n) is 4.64. The van der Waals surface area contributed by atoms with Crippen LogP contribution in [0.4, 0.5) is 18.9 Å². The molecule has 4 heterocycles. The largest absolute Gasteiger partial charge is 0.490 e. The van der Waals surface area contributed by atoms with Crippen molar-refractivity contribution in [2.45, 2.75) is 37.6 Å². The van der Waals surface area contributed by atoms with E-state index in [0.717, 1.165) is 25.2 Å². The maximum absolute atomic E-state index is 12.4. The summed E-state index contributed by atoms with van der Waals surface area (Å²) in [5.41, 5.74) is 2.17. The number of halogens is 3. The van der Waals surface area contributed by atoms with E-state index in [1.807, 2.05) is 4.90 Å². The number of carbonyl (C=O) groups is 2. The Balaban J connectivity index is 0.000000279. The number of hydrogen-bond donors (Lipinski definition) is 1. The quantitative estimate of drug-likeness (QED) is 0.831. The molecule has 0 saturated carbocycles. The highest BCUT2D eigenvalue weighted by atomic mass is 32.1. The van der Waals surface area contributed by atoms with Gasteiger partial charge in [-0.3, -0.25) is 9.69 Å². The maximum Gasteiger partial charge on any atom is 0.490 e. The van der Waals surface area contributed by atoms with E-state index in [0.29, 0.717) is 12.5 Å². The number of amides is 1. The first-order valence-electron chi connectivity index (χ1n) is 8.39. The lowest BCUT2D eigenvalue weighted by Gasteiger charge is -2.24. The number of aromatic nitrogens is 2. The molecule has 2 aromatic heterocycles.